The molecule has 0 bridgehead atoms. The summed E-state index contributed by atoms with van der Waals surface area (Å²) in [6.07, 6.45) is 2.32. The van der Waals surface area contributed by atoms with E-state index in [2.05, 4.69) is 25.1 Å². The molecule has 15 nitrogen and oxygen atoms in total. The second-order valence-electron chi connectivity index (χ2n) is 16.6. The zero-order valence-electron chi connectivity index (χ0n) is 31.8. The van der Waals surface area contributed by atoms with Crippen LogP contribution >= 0.6 is 0 Å². The summed E-state index contributed by atoms with van der Waals surface area (Å²) in [5.41, 5.74) is -2.45. The van der Waals surface area contributed by atoms with Gasteiger partial charge in [-0.2, -0.15) is 0 Å². The SMILES string of the molecule is C[C@H]1CC/C=C\[C@@H]2C[C@@]2(C(=O)NS(=O)(=O)C2CC2)NC(=O)[C@@H]2C[C@@H](Oc3nccc4c5c(ccc34)OC(F)(F)O5)CN2C(=O)[C@@H](NC(=O)OC(C)(C)C)[C@H](C)C1. The number of pyridine rings is 1. The van der Waals surface area contributed by atoms with E-state index in [0.717, 1.165) is 6.42 Å². The van der Waals surface area contributed by atoms with E-state index in [-0.39, 0.29) is 48.1 Å². The lowest BCUT2D eigenvalue weighted by Gasteiger charge is -2.33. The average molecular weight is 804 g/mol. The van der Waals surface area contributed by atoms with Gasteiger partial charge in [0.2, 0.25) is 27.7 Å². The van der Waals surface area contributed by atoms with Gasteiger partial charge in [0.1, 0.15) is 29.3 Å². The molecule has 2 saturated carbocycles. The molecule has 3 fully saturated rings. The van der Waals surface area contributed by atoms with Crippen molar-refractivity contribution >= 4 is 44.6 Å². The number of carbonyl (C=O) groups is 4. The highest BCUT2D eigenvalue weighted by molar-refractivity contribution is 7.91. The molecule has 7 atom stereocenters. The molecular weight excluding hydrogens is 757 g/mol. The summed E-state index contributed by atoms with van der Waals surface area (Å²) in [6, 6.07) is 1.87. The largest absolute Gasteiger partial charge is 0.586 e. The van der Waals surface area contributed by atoms with Crippen LogP contribution in [-0.4, -0.2) is 89.5 Å². The molecule has 304 valence electrons. The summed E-state index contributed by atoms with van der Waals surface area (Å²) in [5.74, 6) is -3.33. The topological polar surface area (TPSA) is 192 Å². The highest BCUT2D eigenvalue weighted by Gasteiger charge is 2.62. The highest BCUT2D eigenvalue weighted by atomic mass is 32.2. The van der Waals surface area contributed by atoms with Gasteiger partial charge < -0.3 is 34.5 Å². The number of nitrogens with one attached hydrogen (secondary N) is 3. The second-order valence-corrected chi connectivity index (χ2v) is 18.6. The molecule has 0 radical (unpaired) electrons. The lowest BCUT2D eigenvalue weighted by Crippen LogP contribution is -2.59. The number of ether oxygens (including phenoxy) is 4. The third kappa shape index (κ3) is 8.20. The van der Waals surface area contributed by atoms with Gasteiger partial charge in [-0.25, -0.2) is 18.2 Å². The molecule has 2 aliphatic carbocycles. The number of nitrogens with zero attached hydrogens (tertiary/aromatic N) is 2. The van der Waals surface area contributed by atoms with Crippen molar-refractivity contribution < 1.29 is 55.3 Å². The van der Waals surface area contributed by atoms with Crippen LogP contribution in [0.5, 0.6) is 17.4 Å². The molecule has 4 amide bonds. The van der Waals surface area contributed by atoms with Crippen LogP contribution in [0.15, 0.2) is 36.5 Å². The highest BCUT2D eigenvalue weighted by Crippen LogP contribution is 2.48. The number of sulfonamides is 1. The lowest BCUT2D eigenvalue weighted by molar-refractivity contribution is -0.286. The fraction of sp³-hybridized carbons (Fsp3) is 0.605. The van der Waals surface area contributed by atoms with Crippen molar-refractivity contribution in [2.45, 2.75) is 120 Å². The van der Waals surface area contributed by atoms with Crippen molar-refractivity contribution in [2.24, 2.45) is 17.8 Å². The van der Waals surface area contributed by atoms with E-state index in [1.165, 1.54) is 29.3 Å². The molecule has 1 saturated heterocycles. The number of hydrogen-bond acceptors (Lipinski definition) is 11. The minimum atomic E-state index is -3.95. The molecule has 1 aromatic carbocycles. The predicted molar refractivity (Wildman–Crippen MR) is 196 cm³/mol. The van der Waals surface area contributed by atoms with Gasteiger partial charge >= 0.3 is 12.4 Å². The lowest BCUT2D eigenvalue weighted by atomic mass is 9.88. The number of benzene rings is 1. The molecular formula is C38H47F2N5O10S. The fourth-order valence-electron chi connectivity index (χ4n) is 7.82. The summed E-state index contributed by atoms with van der Waals surface area (Å²) in [4.78, 5) is 61.7. The van der Waals surface area contributed by atoms with Crippen LogP contribution in [0.3, 0.4) is 0 Å². The Bertz CT molecular complexity index is 2070. The fourth-order valence-corrected chi connectivity index (χ4v) is 9.18. The summed E-state index contributed by atoms with van der Waals surface area (Å²) in [7, 11) is -3.95. The Balaban J connectivity index is 1.22. The Kier molecular flexibility index (Phi) is 10.1. The minimum absolute atomic E-state index is 0.0175. The number of carbonyl (C=O) groups excluding carboxylic acids is 4. The minimum Gasteiger partial charge on any atom is -0.472 e. The number of allylic oxidation sites excluding steroid dienone is 1. The molecule has 2 aromatic rings. The zero-order valence-corrected chi connectivity index (χ0v) is 32.6. The molecule has 3 N–H and O–H groups in total. The summed E-state index contributed by atoms with van der Waals surface area (Å²) in [6.45, 7) is 8.80. The van der Waals surface area contributed by atoms with Crippen LogP contribution in [0.25, 0.3) is 10.8 Å². The summed E-state index contributed by atoms with van der Waals surface area (Å²) in [5, 5.41) is 5.44. The number of amides is 4. The van der Waals surface area contributed by atoms with Crippen molar-refractivity contribution in [2.75, 3.05) is 6.54 Å². The maximum atomic E-state index is 14.7. The summed E-state index contributed by atoms with van der Waals surface area (Å²) >= 11 is 0. The van der Waals surface area contributed by atoms with Crippen molar-refractivity contribution in [1.29, 1.82) is 0 Å². The van der Waals surface area contributed by atoms with Crippen molar-refractivity contribution in [1.82, 2.24) is 25.2 Å². The van der Waals surface area contributed by atoms with E-state index >= 15 is 0 Å². The van der Waals surface area contributed by atoms with E-state index in [4.69, 9.17) is 14.2 Å². The summed E-state index contributed by atoms with van der Waals surface area (Å²) < 4.78 is 77.1. The first-order chi connectivity index (χ1) is 26.2. The second kappa shape index (κ2) is 14.3. The number of fused-ring (bicyclic) bond motifs is 5. The average Bonchev–Trinajstić information content (AvgIpc) is 4.00. The quantitative estimate of drug-likeness (QED) is 0.353. The monoisotopic (exact) mass is 803 g/mol. The molecule has 3 aliphatic heterocycles. The van der Waals surface area contributed by atoms with Gasteiger partial charge in [0, 0.05) is 29.3 Å². The first-order valence-corrected chi connectivity index (χ1v) is 20.5. The van der Waals surface area contributed by atoms with Crippen LogP contribution in [0.4, 0.5) is 13.6 Å². The molecule has 5 aliphatic rings. The van der Waals surface area contributed by atoms with Gasteiger partial charge in [0.05, 0.1) is 11.8 Å². The molecule has 1 aromatic heterocycles. The number of alkyl halides is 2. The van der Waals surface area contributed by atoms with Gasteiger partial charge in [-0.1, -0.05) is 26.0 Å². The van der Waals surface area contributed by atoms with Crippen molar-refractivity contribution in [3.8, 4) is 17.4 Å². The van der Waals surface area contributed by atoms with Gasteiger partial charge in [0.25, 0.3) is 5.91 Å². The van der Waals surface area contributed by atoms with E-state index in [9.17, 15) is 36.4 Å². The molecule has 0 spiro atoms. The third-order valence-electron chi connectivity index (χ3n) is 10.8. The van der Waals surface area contributed by atoms with Crippen LogP contribution < -0.4 is 29.6 Å². The molecule has 7 rings (SSSR count). The van der Waals surface area contributed by atoms with Crippen molar-refractivity contribution in [3.63, 3.8) is 0 Å². The maximum Gasteiger partial charge on any atom is 0.586 e. The van der Waals surface area contributed by atoms with E-state index in [1.54, 1.807) is 20.8 Å². The number of hydrogen-bond donors (Lipinski definition) is 3. The smallest absolute Gasteiger partial charge is 0.472 e. The number of aromatic nitrogens is 1. The standard InChI is InChI=1S/C38H47F2N5O10S/c1-20-8-6-7-9-22-18-37(22,34(48)44-56(50,51)24-10-11-24)43-31(46)27-17-23(19-45(27)33(47)29(21(2)16-20)42-35(49)55-36(3,4)5)52-32-26-12-13-28-30(25(26)14-15-41-32)54-38(39,40)53-28/h7,9,12-15,20-24,27,29H,6,8,10-11,16-19H2,1-5H3,(H,42,49)(H,43,46)(H,44,48)/b9-7-/t20-,21+,22+,23+,27-,29-,37+/m0/s1. The van der Waals surface area contributed by atoms with E-state index in [1.807, 2.05) is 26.0 Å². The molecule has 4 heterocycles. The van der Waals surface area contributed by atoms with Crippen LogP contribution in [-0.2, 0) is 29.1 Å². The van der Waals surface area contributed by atoms with E-state index in [0.29, 0.717) is 31.1 Å². The molecule has 56 heavy (non-hydrogen) atoms. The predicted octanol–water partition coefficient (Wildman–Crippen LogP) is 4.29. The number of rotatable bonds is 6. The first-order valence-electron chi connectivity index (χ1n) is 18.9. The Morgan fingerprint density at radius 3 is 2.52 bits per heavy atom. The van der Waals surface area contributed by atoms with Crippen LogP contribution in [0.2, 0.25) is 0 Å². The first kappa shape index (κ1) is 39.5. The van der Waals surface area contributed by atoms with E-state index < -0.39 is 86.5 Å². The Morgan fingerprint density at radius 1 is 1.05 bits per heavy atom. The number of alkyl carbamates (subject to hydrolysis) is 1. The Labute approximate surface area is 323 Å². The Hall–Kier alpha value is -4.74. The Morgan fingerprint density at radius 2 is 1.80 bits per heavy atom. The van der Waals surface area contributed by atoms with Crippen molar-refractivity contribution in [3.05, 3.63) is 36.5 Å². The van der Waals surface area contributed by atoms with Gasteiger partial charge in [-0.15, -0.1) is 8.78 Å². The number of halogens is 2. The normalized spacial score (nSPS) is 30.9. The maximum absolute atomic E-state index is 14.7. The van der Waals surface area contributed by atoms with Gasteiger partial charge in [-0.05, 0) is 89.3 Å². The van der Waals surface area contributed by atoms with Gasteiger partial charge in [0.15, 0.2) is 11.5 Å². The van der Waals surface area contributed by atoms with Crippen LogP contribution in [0.1, 0.15) is 79.6 Å². The van der Waals surface area contributed by atoms with Crippen LogP contribution in [0, 0.1) is 17.8 Å². The molecule has 18 heteroatoms. The third-order valence-corrected chi connectivity index (χ3v) is 12.7. The van der Waals surface area contributed by atoms with Gasteiger partial charge in [-0.3, -0.25) is 19.1 Å². The zero-order chi connectivity index (χ0) is 40.4. The molecule has 0 unspecified atom stereocenters.